The van der Waals surface area contributed by atoms with Crippen LogP contribution in [-0.4, -0.2) is 66.5 Å². The first-order chi connectivity index (χ1) is 39.2. The average Bonchev–Trinajstić information content (AvgIpc) is 3.45. The van der Waals surface area contributed by atoms with Crippen LogP contribution >= 0.6 is 7.82 Å². The van der Waals surface area contributed by atoms with Gasteiger partial charge in [-0.2, -0.15) is 0 Å². The molecule has 2 N–H and O–H groups in total. The van der Waals surface area contributed by atoms with Crippen molar-refractivity contribution >= 4 is 25.7 Å². The smallest absolute Gasteiger partial charge is 0.462 e. The van der Waals surface area contributed by atoms with Crippen molar-refractivity contribution < 1.29 is 52.2 Å². The molecule has 0 radical (unpaired) electrons. The molecule has 0 aromatic carbocycles. The maximum Gasteiger partial charge on any atom is 0.472 e. The molecule has 3 atom stereocenters. The molecule has 3 unspecified atom stereocenters. The molecule has 0 spiro atoms. The Morgan fingerprint density at radius 1 is 0.350 bits per heavy atom. The molecule has 0 aliphatic carbocycles. The highest BCUT2D eigenvalue weighted by Gasteiger charge is 2.28. The van der Waals surface area contributed by atoms with E-state index in [2.05, 4.69) is 69.4 Å². The van der Waals surface area contributed by atoms with E-state index < -0.39 is 57.8 Å². The van der Waals surface area contributed by atoms with Gasteiger partial charge < -0.3 is 24.2 Å². The standard InChI is InChI=1S/C68H125O11P/c1-4-7-10-13-16-19-22-25-28-30-32-34-37-39-42-45-48-51-54-57-66(70)75-61-65(79-68(72)59-56-53-50-47-44-41-38-35-33-31-29-26-23-20-17-14-11-8-5-2)63-77-80(73,74)76-62-64(60-69)78-67(71)58-55-52-49-46-43-40-36-27-24-21-18-15-12-9-6-3/h16-17,19-20,25-26,28-29,64-65,69H,4-15,18,21-24,27,30-63H2,1-3H3,(H,73,74)/b19-16-,20-17-,28-25-,29-26-. The lowest BCUT2D eigenvalue weighted by molar-refractivity contribution is -0.161. The third kappa shape index (κ3) is 60.0. The first-order valence-corrected chi connectivity index (χ1v) is 35.0. The minimum absolute atomic E-state index is 0.164. The van der Waals surface area contributed by atoms with Gasteiger partial charge in [-0.15, -0.1) is 0 Å². The Morgan fingerprint density at radius 3 is 0.950 bits per heavy atom. The maximum atomic E-state index is 13.0. The number of carbonyl (C=O) groups is 3. The van der Waals surface area contributed by atoms with E-state index in [9.17, 15) is 28.9 Å². The summed E-state index contributed by atoms with van der Waals surface area (Å²) in [5.74, 6) is -1.45. The molecule has 0 saturated carbocycles. The van der Waals surface area contributed by atoms with E-state index in [1.807, 2.05) is 0 Å². The van der Waals surface area contributed by atoms with Crippen LogP contribution in [0.3, 0.4) is 0 Å². The number of phosphoric acid groups is 1. The summed E-state index contributed by atoms with van der Waals surface area (Å²) in [6, 6.07) is 0. The summed E-state index contributed by atoms with van der Waals surface area (Å²) in [5, 5.41) is 9.86. The van der Waals surface area contributed by atoms with Crippen LogP contribution in [0.5, 0.6) is 0 Å². The molecule has 0 amide bonds. The number of hydrogen-bond acceptors (Lipinski definition) is 10. The van der Waals surface area contributed by atoms with Crippen molar-refractivity contribution in [3.63, 3.8) is 0 Å². The van der Waals surface area contributed by atoms with E-state index in [0.29, 0.717) is 19.3 Å². The Kier molecular flexibility index (Phi) is 60.5. The Labute approximate surface area is 492 Å². The number of hydrogen-bond donors (Lipinski definition) is 2. The molecule has 80 heavy (non-hydrogen) atoms. The zero-order valence-electron chi connectivity index (χ0n) is 52.1. The highest BCUT2D eigenvalue weighted by atomic mass is 31.2. The van der Waals surface area contributed by atoms with Crippen LogP contribution < -0.4 is 0 Å². The summed E-state index contributed by atoms with van der Waals surface area (Å²) in [5.41, 5.74) is 0. The first kappa shape index (κ1) is 77.4. The second kappa shape index (κ2) is 62.5. The number of ether oxygens (including phenoxy) is 3. The van der Waals surface area contributed by atoms with Crippen molar-refractivity contribution in [3.05, 3.63) is 48.6 Å². The quantitative estimate of drug-likeness (QED) is 0.0197. The maximum absolute atomic E-state index is 13.0. The van der Waals surface area contributed by atoms with Crippen LogP contribution in [0.15, 0.2) is 48.6 Å². The van der Waals surface area contributed by atoms with Gasteiger partial charge >= 0.3 is 25.7 Å². The molecule has 11 nitrogen and oxygen atoms in total. The molecule has 0 aliphatic rings. The molecule has 0 aromatic heterocycles. The van der Waals surface area contributed by atoms with E-state index >= 15 is 0 Å². The molecule has 468 valence electrons. The molecule has 0 saturated heterocycles. The molecule has 0 bridgehead atoms. The van der Waals surface area contributed by atoms with Crippen LogP contribution in [0.1, 0.15) is 329 Å². The fourth-order valence-corrected chi connectivity index (χ4v) is 10.4. The van der Waals surface area contributed by atoms with Crippen molar-refractivity contribution in [1.29, 1.82) is 0 Å². The van der Waals surface area contributed by atoms with Gasteiger partial charge in [-0.3, -0.25) is 23.4 Å². The summed E-state index contributed by atoms with van der Waals surface area (Å²) in [4.78, 5) is 48.8. The number of unbranched alkanes of at least 4 members (excludes halogenated alkanes) is 38. The van der Waals surface area contributed by atoms with E-state index in [-0.39, 0.29) is 25.9 Å². The van der Waals surface area contributed by atoms with Crippen molar-refractivity contribution in [2.75, 3.05) is 26.4 Å². The minimum atomic E-state index is -4.75. The van der Waals surface area contributed by atoms with Gasteiger partial charge in [0.05, 0.1) is 19.8 Å². The van der Waals surface area contributed by atoms with Crippen LogP contribution in [-0.2, 0) is 42.2 Å². The summed E-state index contributed by atoms with van der Waals surface area (Å²) in [6.07, 6.45) is 69.1. The molecule has 0 aromatic rings. The molecule has 0 fully saturated rings. The van der Waals surface area contributed by atoms with Crippen LogP contribution in [0.2, 0.25) is 0 Å². The van der Waals surface area contributed by atoms with Gasteiger partial charge in [-0.25, -0.2) is 4.57 Å². The third-order valence-electron chi connectivity index (χ3n) is 14.7. The first-order valence-electron chi connectivity index (χ1n) is 33.5. The molecule has 12 heteroatoms. The van der Waals surface area contributed by atoms with Gasteiger partial charge in [-0.05, 0) is 83.5 Å². The zero-order valence-corrected chi connectivity index (χ0v) is 53.0. The fraction of sp³-hybridized carbons (Fsp3) is 0.838. The van der Waals surface area contributed by atoms with E-state index in [1.165, 1.54) is 186 Å². The van der Waals surface area contributed by atoms with Crippen molar-refractivity contribution in [1.82, 2.24) is 0 Å². The highest BCUT2D eigenvalue weighted by Crippen LogP contribution is 2.43. The highest BCUT2D eigenvalue weighted by molar-refractivity contribution is 7.47. The summed E-state index contributed by atoms with van der Waals surface area (Å²) in [7, 11) is -4.75. The second-order valence-electron chi connectivity index (χ2n) is 22.6. The molecule has 0 aliphatic heterocycles. The van der Waals surface area contributed by atoms with Gasteiger partial charge in [0.25, 0.3) is 0 Å². The minimum Gasteiger partial charge on any atom is -0.462 e. The number of aliphatic hydroxyl groups is 1. The van der Waals surface area contributed by atoms with Crippen LogP contribution in [0.4, 0.5) is 0 Å². The molecular formula is C68H125O11P. The molecule has 0 heterocycles. The van der Waals surface area contributed by atoms with E-state index in [4.69, 9.17) is 23.3 Å². The lowest BCUT2D eigenvalue weighted by atomic mass is 10.0. The Morgan fingerprint density at radius 2 is 0.613 bits per heavy atom. The number of esters is 3. The van der Waals surface area contributed by atoms with Gasteiger partial charge in [0, 0.05) is 19.3 Å². The lowest BCUT2D eigenvalue weighted by Gasteiger charge is -2.21. The summed E-state index contributed by atoms with van der Waals surface area (Å²) >= 11 is 0. The van der Waals surface area contributed by atoms with Gasteiger partial charge in [0.2, 0.25) is 0 Å². The number of rotatable bonds is 63. The third-order valence-corrected chi connectivity index (χ3v) is 15.7. The topological polar surface area (TPSA) is 155 Å². The van der Waals surface area contributed by atoms with Gasteiger partial charge in [-0.1, -0.05) is 275 Å². The van der Waals surface area contributed by atoms with Gasteiger partial charge in [0.15, 0.2) is 6.10 Å². The van der Waals surface area contributed by atoms with Crippen LogP contribution in [0, 0.1) is 0 Å². The lowest BCUT2D eigenvalue weighted by Crippen LogP contribution is -2.30. The number of carbonyl (C=O) groups excluding carboxylic acids is 3. The average molecular weight is 1150 g/mol. The Balaban J connectivity index is 4.68. The van der Waals surface area contributed by atoms with E-state index in [1.54, 1.807) is 0 Å². The predicted octanol–water partition coefficient (Wildman–Crippen LogP) is 20.5. The fourth-order valence-electron chi connectivity index (χ4n) is 9.60. The predicted molar refractivity (Wildman–Crippen MR) is 335 cm³/mol. The van der Waals surface area contributed by atoms with Crippen molar-refractivity contribution in [3.8, 4) is 0 Å². The summed E-state index contributed by atoms with van der Waals surface area (Å²) < 4.78 is 39.8. The second-order valence-corrected chi connectivity index (χ2v) is 24.1. The molecular weight excluding hydrogens is 1020 g/mol. The van der Waals surface area contributed by atoms with Crippen molar-refractivity contribution in [2.24, 2.45) is 0 Å². The van der Waals surface area contributed by atoms with Crippen LogP contribution in [0.25, 0.3) is 0 Å². The zero-order chi connectivity index (χ0) is 58.3. The monoisotopic (exact) mass is 1150 g/mol. The van der Waals surface area contributed by atoms with Crippen molar-refractivity contribution in [2.45, 2.75) is 341 Å². The number of phosphoric ester groups is 1. The summed E-state index contributed by atoms with van der Waals surface area (Å²) in [6.45, 7) is 4.66. The SMILES string of the molecule is CCCCC/C=C\C/C=C\CCCCCCCCCCCC(=O)OCC(COP(=O)(O)OCC(CO)OC(=O)CCCCCCCCCCCCCCCCC)OC(=O)CCCCCCCCCCC/C=C\C/C=C\CCCCC. The van der Waals surface area contributed by atoms with Gasteiger partial charge in [0.1, 0.15) is 12.7 Å². The Bertz CT molecular complexity index is 1530. The van der Waals surface area contributed by atoms with E-state index in [0.717, 1.165) is 83.5 Å². The number of allylic oxidation sites excluding steroid dienone is 8. The number of aliphatic hydroxyl groups excluding tert-OH is 1. The molecule has 0 rings (SSSR count). The normalized spacial score (nSPS) is 13.5. The largest absolute Gasteiger partial charge is 0.472 e. The Hall–Kier alpha value is -2.56.